The number of anilines is 1. The van der Waals surface area contributed by atoms with Crippen molar-refractivity contribution in [3.05, 3.63) is 96.6 Å². The number of carbonyl (C=O) groups is 1. The minimum absolute atomic E-state index is 0.0859. The van der Waals surface area contributed by atoms with Gasteiger partial charge in [-0.1, -0.05) is 48.6 Å². The highest BCUT2D eigenvalue weighted by Crippen LogP contribution is 2.27. The number of nitrogens with one attached hydrogen (secondary N) is 1. The van der Waals surface area contributed by atoms with E-state index in [0.29, 0.717) is 29.4 Å². The van der Waals surface area contributed by atoms with Crippen molar-refractivity contribution in [1.29, 1.82) is 0 Å². The summed E-state index contributed by atoms with van der Waals surface area (Å²) in [5.74, 6) is 0.453. The van der Waals surface area contributed by atoms with Crippen LogP contribution in [0.15, 0.2) is 95.4 Å². The van der Waals surface area contributed by atoms with Crippen molar-refractivity contribution in [3.8, 4) is 11.5 Å². The van der Waals surface area contributed by atoms with E-state index in [-0.39, 0.29) is 4.90 Å². The van der Waals surface area contributed by atoms with Gasteiger partial charge in [0.25, 0.3) is 15.9 Å². The van der Waals surface area contributed by atoms with Crippen LogP contribution in [0.1, 0.15) is 11.1 Å². The number of sulfonamides is 1. The fourth-order valence-corrected chi connectivity index (χ4v) is 4.56. The number of ether oxygens (including phenoxy) is 2. The molecule has 0 bridgehead atoms. The Morgan fingerprint density at radius 2 is 1.77 bits per heavy atom. The van der Waals surface area contributed by atoms with E-state index in [1.54, 1.807) is 66.7 Å². The van der Waals surface area contributed by atoms with Crippen LogP contribution in [0.5, 0.6) is 11.5 Å². The number of amides is 1. The second-order valence-electron chi connectivity index (χ2n) is 7.46. The fraction of sp³-hybridized carbons (Fsp3) is 0.154. The lowest BCUT2D eigenvalue weighted by Gasteiger charge is -2.23. The minimum Gasteiger partial charge on any atom is -0.493 e. The molecule has 1 N–H and O–H groups in total. The average molecular weight is 494 g/mol. The van der Waals surface area contributed by atoms with Gasteiger partial charge in [0.15, 0.2) is 11.5 Å². The van der Waals surface area contributed by atoms with Gasteiger partial charge in [-0.25, -0.2) is 13.8 Å². The number of carbonyl (C=O) groups excluding carboxylic acids is 1. The van der Waals surface area contributed by atoms with E-state index >= 15 is 0 Å². The summed E-state index contributed by atoms with van der Waals surface area (Å²) in [5.41, 5.74) is 4.39. The van der Waals surface area contributed by atoms with Gasteiger partial charge in [-0.15, -0.1) is 0 Å². The Kier molecular flexibility index (Phi) is 8.63. The van der Waals surface area contributed by atoms with Gasteiger partial charge in [0, 0.05) is 0 Å². The number of benzene rings is 3. The third-order valence-electron chi connectivity index (χ3n) is 4.89. The van der Waals surface area contributed by atoms with Gasteiger partial charge in [-0.3, -0.25) is 9.10 Å². The second-order valence-corrected chi connectivity index (χ2v) is 9.33. The zero-order chi connectivity index (χ0) is 25.3. The summed E-state index contributed by atoms with van der Waals surface area (Å²) >= 11 is 0. The summed E-state index contributed by atoms with van der Waals surface area (Å²) < 4.78 is 38.5. The van der Waals surface area contributed by atoms with Crippen molar-refractivity contribution in [3.63, 3.8) is 0 Å². The lowest BCUT2D eigenvalue weighted by atomic mass is 10.2. The number of methoxy groups -OCH3 is 1. The number of nitrogens with zero attached hydrogens (tertiary/aromatic N) is 2. The number of hydrogen-bond acceptors (Lipinski definition) is 6. The van der Waals surface area contributed by atoms with Crippen LogP contribution < -0.4 is 19.2 Å². The normalized spacial score (nSPS) is 11.1. The predicted octanol–water partition coefficient (Wildman–Crippen LogP) is 3.91. The number of aryl methyl sites for hydroxylation is 1. The first-order valence-electron chi connectivity index (χ1n) is 10.7. The van der Waals surface area contributed by atoms with E-state index in [0.717, 1.165) is 9.87 Å². The van der Waals surface area contributed by atoms with E-state index in [1.807, 2.05) is 6.92 Å². The van der Waals surface area contributed by atoms with Crippen LogP contribution in [0.25, 0.3) is 0 Å². The Bertz CT molecular complexity index is 1290. The van der Waals surface area contributed by atoms with E-state index in [9.17, 15) is 13.2 Å². The Labute approximate surface area is 205 Å². The topological polar surface area (TPSA) is 97.3 Å². The van der Waals surface area contributed by atoms with Gasteiger partial charge in [-0.2, -0.15) is 5.10 Å². The fourth-order valence-electron chi connectivity index (χ4n) is 3.12. The predicted molar refractivity (Wildman–Crippen MR) is 137 cm³/mol. The Morgan fingerprint density at radius 1 is 1.06 bits per heavy atom. The molecule has 0 aliphatic rings. The molecule has 0 saturated carbocycles. The third-order valence-corrected chi connectivity index (χ3v) is 6.68. The first kappa shape index (κ1) is 25.5. The molecular weight excluding hydrogens is 466 g/mol. The molecule has 3 rings (SSSR count). The summed E-state index contributed by atoms with van der Waals surface area (Å²) in [6.45, 7) is 5.40. The van der Waals surface area contributed by atoms with Crippen LogP contribution >= 0.6 is 0 Å². The highest BCUT2D eigenvalue weighted by molar-refractivity contribution is 7.92. The SMILES string of the molecule is C=CCOc1ccc(/C=N\NC(=O)CN(c2ccc(C)cc2)S(=O)(=O)c2ccccc2)cc1OC. The zero-order valence-electron chi connectivity index (χ0n) is 19.5. The maximum absolute atomic E-state index is 13.3. The molecule has 3 aromatic rings. The summed E-state index contributed by atoms with van der Waals surface area (Å²) in [5, 5.41) is 3.97. The summed E-state index contributed by atoms with van der Waals surface area (Å²) in [6, 6.07) is 20.0. The lowest BCUT2D eigenvalue weighted by Crippen LogP contribution is -2.39. The van der Waals surface area contributed by atoms with Crippen molar-refractivity contribution in [2.24, 2.45) is 5.10 Å². The molecule has 0 spiro atoms. The monoisotopic (exact) mass is 493 g/mol. The second kappa shape index (κ2) is 11.8. The van der Waals surface area contributed by atoms with Gasteiger partial charge in [0.2, 0.25) is 0 Å². The molecule has 0 aromatic heterocycles. The van der Waals surface area contributed by atoms with Crippen LogP contribution in [-0.4, -0.2) is 40.8 Å². The van der Waals surface area contributed by atoms with Crippen LogP contribution in [0, 0.1) is 6.92 Å². The van der Waals surface area contributed by atoms with Gasteiger partial charge < -0.3 is 9.47 Å². The molecular formula is C26H27N3O5S. The standard InChI is InChI=1S/C26H27N3O5S/c1-4-16-34-24-15-12-21(17-25(24)33-3)18-27-28-26(30)19-29(22-13-10-20(2)11-14-22)35(31,32)23-8-6-5-7-9-23/h4-15,17-18H,1,16,19H2,2-3H3,(H,28,30)/b27-18-. The molecule has 0 fully saturated rings. The first-order chi connectivity index (χ1) is 16.8. The highest BCUT2D eigenvalue weighted by atomic mass is 32.2. The van der Waals surface area contributed by atoms with Crippen molar-refractivity contribution in [1.82, 2.24) is 5.43 Å². The van der Waals surface area contributed by atoms with Crippen LogP contribution in [-0.2, 0) is 14.8 Å². The van der Waals surface area contributed by atoms with Crippen LogP contribution in [0.2, 0.25) is 0 Å². The maximum atomic E-state index is 13.3. The maximum Gasteiger partial charge on any atom is 0.264 e. The van der Waals surface area contributed by atoms with Crippen molar-refractivity contribution in [2.45, 2.75) is 11.8 Å². The van der Waals surface area contributed by atoms with E-state index in [2.05, 4.69) is 17.1 Å². The smallest absolute Gasteiger partial charge is 0.264 e. The zero-order valence-corrected chi connectivity index (χ0v) is 20.4. The van der Waals surface area contributed by atoms with Crippen molar-refractivity contribution in [2.75, 3.05) is 24.6 Å². The molecule has 0 saturated heterocycles. The molecule has 0 atom stereocenters. The lowest BCUT2D eigenvalue weighted by molar-refractivity contribution is -0.119. The minimum atomic E-state index is -3.98. The van der Waals surface area contributed by atoms with Crippen molar-refractivity contribution < 1.29 is 22.7 Å². The molecule has 0 aliphatic carbocycles. The van der Waals surface area contributed by atoms with E-state index in [1.165, 1.54) is 25.5 Å². The number of rotatable bonds is 11. The van der Waals surface area contributed by atoms with Gasteiger partial charge in [0.05, 0.1) is 23.9 Å². The van der Waals surface area contributed by atoms with Crippen molar-refractivity contribution >= 4 is 27.8 Å². The molecule has 0 aliphatic heterocycles. The molecule has 1 amide bonds. The number of hydrazone groups is 1. The van der Waals surface area contributed by atoms with Crippen LogP contribution in [0.3, 0.4) is 0 Å². The number of hydrogen-bond donors (Lipinski definition) is 1. The molecule has 3 aromatic carbocycles. The summed E-state index contributed by atoms with van der Waals surface area (Å²) in [6.07, 6.45) is 3.06. The first-order valence-corrected chi connectivity index (χ1v) is 12.2. The Balaban J connectivity index is 1.76. The van der Waals surface area contributed by atoms with E-state index < -0.39 is 22.5 Å². The van der Waals surface area contributed by atoms with Gasteiger partial charge in [-0.05, 0) is 55.0 Å². The van der Waals surface area contributed by atoms with E-state index in [4.69, 9.17) is 9.47 Å². The highest BCUT2D eigenvalue weighted by Gasteiger charge is 2.27. The molecule has 0 radical (unpaired) electrons. The Morgan fingerprint density at radius 3 is 2.43 bits per heavy atom. The third kappa shape index (κ3) is 6.70. The molecule has 0 heterocycles. The summed E-state index contributed by atoms with van der Waals surface area (Å²) in [4.78, 5) is 12.8. The largest absolute Gasteiger partial charge is 0.493 e. The van der Waals surface area contributed by atoms with Crippen LogP contribution in [0.4, 0.5) is 5.69 Å². The van der Waals surface area contributed by atoms with Gasteiger partial charge >= 0.3 is 0 Å². The quantitative estimate of drug-likeness (QED) is 0.248. The summed E-state index contributed by atoms with van der Waals surface area (Å²) in [7, 11) is -2.46. The Hall–Kier alpha value is -4.11. The average Bonchev–Trinajstić information content (AvgIpc) is 2.87. The molecule has 0 unspecified atom stereocenters. The van der Waals surface area contributed by atoms with Gasteiger partial charge in [0.1, 0.15) is 13.2 Å². The molecule has 35 heavy (non-hydrogen) atoms. The molecule has 9 heteroatoms. The molecule has 8 nitrogen and oxygen atoms in total. The molecule has 182 valence electrons.